The molecule has 0 aliphatic rings. The molecule has 3 aromatic rings. The Bertz CT molecular complexity index is 855. The quantitative estimate of drug-likeness (QED) is 0.662. The van der Waals surface area contributed by atoms with E-state index in [-0.39, 0.29) is 11.5 Å². The van der Waals surface area contributed by atoms with E-state index < -0.39 is 0 Å². The average Bonchev–Trinajstić information content (AvgIpc) is 2.63. The molecule has 0 amide bonds. The number of carbonyl (C=O) groups excluding carboxylic acids is 1. The first-order valence-electron chi connectivity index (χ1n) is 8.21. The maximum Gasteiger partial charge on any atom is 0.160 e. The Morgan fingerprint density at radius 1 is 0.920 bits per heavy atom. The van der Waals surface area contributed by atoms with E-state index >= 15 is 0 Å². The highest BCUT2D eigenvalue weighted by Crippen LogP contribution is 2.31. The van der Waals surface area contributed by atoms with Crippen molar-refractivity contribution >= 4 is 5.78 Å². The molecule has 0 radical (unpaired) electrons. The van der Waals surface area contributed by atoms with Gasteiger partial charge in [0.05, 0.1) is 0 Å². The summed E-state index contributed by atoms with van der Waals surface area (Å²) in [7, 11) is 0. The first-order valence-corrected chi connectivity index (χ1v) is 8.21. The number of ether oxygens (including phenoxy) is 1. The van der Waals surface area contributed by atoms with Crippen molar-refractivity contribution in [2.24, 2.45) is 0 Å². The number of Topliss-reactive ketones (excluding diaryl/α,β-unsaturated/α-hetero) is 1. The second kappa shape index (κ2) is 7.67. The van der Waals surface area contributed by atoms with Gasteiger partial charge in [-0.3, -0.25) is 4.79 Å². The Hall–Kier alpha value is -3.07. The average molecular weight is 332 g/mol. The van der Waals surface area contributed by atoms with Crippen molar-refractivity contribution in [1.82, 2.24) is 0 Å². The number of phenolic OH excluding ortho intramolecular Hbond substituents is 1. The molecule has 25 heavy (non-hydrogen) atoms. The van der Waals surface area contributed by atoms with Crippen LogP contribution in [0.5, 0.6) is 11.5 Å². The summed E-state index contributed by atoms with van der Waals surface area (Å²) in [5.41, 5.74) is 3.40. The van der Waals surface area contributed by atoms with E-state index in [1.165, 1.54) is 13.0 Å². The van der Waals surface area contributed by atoms with Crippen LogP contribution in [0.25, 0.3) is 0 Å². The van der Waals surface area contributed by atoms with Gasteiger partial charge in [0.1, 0.15) is 18.1 Å². The van der Waals surface area contributed by atoms with Crippen LogP contribution in [0.15, 0.2) is 72.8 Å². The highest BCUT2D eigenvalue weighted by atomic mass is 16.5. The van der Waals surface area contributed by atoms with E-state index in [1.54, 1.807) is 6.07 Å². The molecule has 3 heteroatoms. The molecular weight excluding hydrogens is 312 g/mol. The zero-order valence-electron chi connectivity index (χ0n) is 14.1. The van der Waals surface area contributed by atoms with Gasteiger partial charge in [-0.2, -0.15) is 0 Å². The fourth-order valence-corrected chi connectivity index (χ4v) is 2.79. The van der Waals surface area contributed by atoms with Crippen LogP contribution in [0.2, 0.25) is 0 Å². The zero-order valence-corrected chi connectivity index (χ0v) is 14.1. The number of rotatable bonds is 6. The summed E-state index contributed by atoms with van der Waals surface area (Å²) in [4.78, 5) is 12.1. The monoisotopic (exact) mass is 332 g/mol. The second-order valence-corrected chi connectivity index (χ2v) is 5.96. The Kier molecular flexibility index (Phi) is 5.14. The predicted octanol–water partition coefficient (Wildman–Crippen LogP) is 4.76. The highest BCUT2D eigenvalue weighted by Gasteiger charge is 2.16. The summed E-state index contributed by atoms with van der Waals surface area (Å²) >= 11 is 0. The van der Waals surface area contributed by atoms with Crippen LogP contribution in [-0.4, -0.2) is 10.9 Å². The predicted molar refractivity (Wildman–Crippen MR) is 98.1 cm³/mol. The molecule has 3 nitrogen and oxygen atoms in total. The second-order valence-electron chi connectivity index (χ2n) is 5.96. The minimum atomic E-state index is -0.0913. The molecule has 126 valence electrons. The van der Waals surface area contributed by atoms with Gasteiger partial charge in [0, 0.05) is 23.6 Å². The van der Waals surface area contributed by atoms with Crippen LogP contribution in [0.4, 0.5) is 0 Å². The fourth-order valence-electron chi connectivity index (χ4n) is 2.79. The van der Waals surface area contributed by atoms with Crippen molar-refractivity contribution in [2.75, 3.05) is 0 Å². The van der Waals surface area contributed by atoms with Gasteiger partial charge < -0.3 is 9.84 Å². The van der Waals surface area contributed by atoms with Crippen LogP contribution in [-0.2, 0) is 13.0 Å². The van der Waals surface area contributed by atoms with Crippen molar-refractivity contribution in [2.45, 2.75) is 20.0 Å². The van der Waals surface area contributed by atoms with Gasteiger partial charge in [-0.05, 0) is 24.1 Å². The molecule has 3 rings (SSSR count). The van der Waals surface area contributed by atoms with Crippen LogP contribution >= 0.6 is 0 Å². The number of benzene rings is 3. The van der Waals surface area contributed by atoms with Gasteiger partial charge in [-0.1, -0.05) is 60.7 Å². The Balaban J connectivity index is 1.96. The lowest BCUT2D eigenvalue weighted by atomic mass is 9.96. The maximum atomic E-state index is 12.1. The van der Waals surface area contributed by atoms with Gasteiger partial charge in [0.2, 0.25) is 0 Å². The number of carbonyl (C=O) groups is 1. The molecule has 0 heterocycles. The highest BCUT2D eigenvalue weighted by molar-refractivity contribution is 5.96. The maximum absolute atomic E-state index is 12.1. The molecule has 0 bridgehead atoms. The lowest BCUT2D eigenvalue weighted by molar-refractivity contribution is 0.101. The molecule has 0 saturated carbocycles. The summed E-state index contributed by atoms with van der Waals surface area (Å²) in [6.07, 6.45) is 0.570. The number of phenols is 1. The van der Waals surface area contributed by atoms with Gasteiger partial charge in [-0.15, -0.1) is 0 Å². The normalized spacial score (nSPS) is 10.4. The molecule has 0 aliphatic heterocycles. The molecule has 0 atom stereocenters. The molecule has 0 unspecified atom stereocenters. The summed E-state index contributed by atoms with van der Waals surface area (Å²) in [5.74, 6) is 0.481. The lowest BCUT2D eigenvalue weighted by Gasteiger charge is -2.16. The number of hydrogen-bond donors (Lipinski definition) is 1. The minimum Gasteiger partial charge on any atom is -0.508 e. The summed E-state index contributed by atoms with van der Waals surface area (Å²) in [6.45, 7) is 1.88. The van der Waals surface area contributed by atoms with Crippen molar-refractivity contribution < 1.29 is 14.6 Å². The van der Waals surface area contributed by atoms with E-state index in [4.69, 9.17) is 4.74 Å². The Morgan fingerprint density at radius 2 is 1.52 bits per heavy atom. The SMILES string of the molecule is CC(=O)c1cc(O)cc(OCc2ccccc2)c1Cc1ccccc1. The third-order valence-electron chi connectivity index (χ3n) is 4.03. The molecule has 0 aliphatic carbocycles. The van der Waals surface area contributed by atoms with Crippen LogP contribution in [0, 0.1) is 0 Å². The summed E-state index contributed by atoms with van der Waals surface area (Å²) in [6, 6.07) is 22.8. The topological polar surface area (TPSA) is 46.5 Å². The molecule has 0 fully saturated rings. The molecule has 0 spiro atoms. The van der Waals surface area contributed by atoms with Crippen molar-refractivity contribution in [3.63, 3.8) is 0 Å². The van der Waals surface area contributed by atoms with Gasteiger partial charge in [0.15, 0.2) is 5.78 Å². The van der Waals surface area contributed by atoms with Crippen LogP contribution in [0.3, 0.4) is 0 Å². The van der Waals surface area contributed by atoms with Crippen LogP contribution in [0.1, 0.15) is 34.0 Å². The molecule has 3 aromatic carbocycles. The van der Waals surface area contributed by atoms with E-state index in [0.29, 0.717) is 24.3 Å². The number of ketones is 1. The van der Waals surface area contributed by atoms with Crippen molar-refractivity contribution in [3.8, 4) is 11.5 Å². The first-order chi connectivity index (χ1) is 12.1. The van der Waals surface area contributed by atoms with Gasteiger partial charge >= 0.3 is 0 Å². The largest absolute Gasteiger partial charge is 0.508 e. The van der Waals surface area contributed by atoms with Crippen molar-refractivity contribution in [3.05, 3.63) is 95.1 Å². The third-order valence-corrected chi connectivity index (χ3v) is 4.03. The first kappa shape index (κ1) is 16.8. The molecule has 0 aromatic heterocycles. The Labute approximate surface area is 147 Å². The molecular formula is C22H20O3. The minimum absolute atomic E-state index is 0.0325. The van der Waals surface area contributed by atoms with Crippen molar-refractivity contribution in [1.29, 1.82) is 0 Å². The molecule has 0 saturated heterocycles. The van der Waals surface area contributed by atoms with E-state index in [9.17, 15) is 9.90 Å². The number of hydrogen-bond acceptors (Lipinski definition) is 3. The third kappa shape index (κ3) is 4.27. The van der Waals surface area contributed by atoms with Crippen LogP contribution < -0.4 is 4.74 Å². The van der Waals surface area contributed by atoms with Gasteiger partial charge in [-0.25, -0.2) is 0 Å². The number of aromatic hydroxyl groups is 1. The fraction of sp³-hybridized carbons (Fsp3) is 0.136. The summed E-state index contributed by atoms with van der Waals surface area (Å²) in [5, 5.41) is 10.00. The molecule has 1 N–H and O–H groups in total. The smallest absolute Gasteiger partial charge is 0.160 e. The van der Waals surface area contributed by atoms with E-state index in [1.807, 2.05) is 60.7 Å². The van der Waals surface area contributed by atoms with E-state index in [0.717, 1.165) is 16.7 Å². The zero-order chi connectivity index (χ0) is 17.6. The summed E-state index contributed by atoms with van der Waals surface area (Å²) < 4.78 is 5.95. The standard InChI is InChI=1S/C22H20O3/c1-16(23)20-13-19(24)14-22(25-15-18-10-6-3-7-11-18)21(20)12-17-8-4-2-5-9-17/h2-11,13-14,24H,12,15H2,1H3. The van der Waals surface area contributed by atoms with Gasteiger partial charge in [0.25, 0.3) is 0 Å². The lowest BCUT2D eigenvalue weighted by Crippen LogP contribution is -2.05. The van der Waals surface area contributed by atoms with E-state index in [2.05, 4.69) is 0 Å². The Morgan fingerprint density at radius 3 is 2.12 bits per heavy atom.